The van der Waals surface area contributed by atoms with Crippen molar-refractivity contribution in [2.24, 2.45) is 5.73 Å². The molecule has 28 heavy (non-hydrogen) atoms. The molecule has 1 amide bonds. The third-order valence-electron chi connectivity index (χ3n) is 4.52. The topological polar surface area (TPSA) is 89.6 Å². The van der Waals surface area contributed by atoms with E-state index in [0.717, 1.165) is 33.4 Å². The summed E-state index contributed by atoms with van der Waals surface area (Å²) in [6.07, 6.45) is 2.75. The van der Waals surface area contributed by atoms with Gasteiger partial charge in [0, 0.05) is 10.6 Å². The van der Waals surface area contributed by atoms with E-state index in [0.29, 0.717) is 17.2 Å². The highest BCUT2D eigenvalue weighted by Crippen LogP contribution is 2.48. The first-order valence-corrected chi connectivity index (χ1v) is 9.24. The molecule has 1 aliphatic carbocycles. The number of halogens is 1. The summed E-state index contributed by atoms with van der Waals surface area (Å²) in [5, 5.41) is 9.60. The molecule has 144 valence electrons. The Bertz CT molecular complexity index is 1010. The second-order valence-corrected chi connectivity index (χ2v) is 6.86. The molecule has 0 aromatic heterocycles. The van der Waals surface area contributed by atoms with E-state index < -0.39 is 18.5 Å². The number of hydrogen-bond donors (Lipinski definition) is 2. The molecule has 0 heterocycles. The Morgan fingerprint density at radius 1 is 1.18 bits per heavy atom. The van der Waals surface area contributed by atoms with Crippen LogP contribution in [0.4, 0.5) is 0 Å². The Kier molecular flexibility index (Phi) is 5.85. The summed E-state index contributed by atoms with van der Waals surface area (Å²) in [5.41, 5.74) is 10.8. The molecule has 0 saturated carbocycles. The molecule has 0 saturated heterocycles. The number of carboxylic acids is 1. The van der Waals surface area contributed by atoms with Crippen LogP contribution in [-0.4, -0.2) is 23.6 Å². The lowest BCUT2D eigenvalue weighted by atomic mass is 9.98. The maximum Gasteiger partial charge on any atom is 0.341 e. The molecule has 3 rings (SSSR count). The Morgan fingerprint density at radius 2 is 1.93 bits per heavy atom. The van der Waals surface area contributed by atoms with Crippen molar-refractivity contribution in [2.45, 2.75) is 19.8 Å². The monoisotopic (exact) mass is 397 g/mol. The zero-order valence-electron chi connectivity index (χ0n) is 15.4. The molecule has 6 heteroatoms. The molecule has 2 aromatic rings. The maximum atomic E-state index is 11.7. The van der Waals surface area contributed by atoms with E-state index in [-0.39, 0.29) is 6.42 Å². The highest BCUT2D eigenvalue weighted by atomic mass is 35.5. The molecule has 0 fully saturated rings. The van der Waals surface area contributed by atoms with Gasteiger partial charge in [-0.2, -0.15) is 0 Å². The van der Waals surface area contributed by atoms with Crippen molar-refractivity contribution in [3.8, 4) is 5.75 Å². The standard InChI is InChI=1S/C22H20ClNO4/c1-2-15-17(10-13-5-3-6-14(23)9-13)16-7-4-8-19(28-12-21(26)27)22(16)18(15)11-20(24)25/h3-10H,2,11-12H2,1H3,(H2,24,25)(H,26,27)/b17-10-. The number of fused-ring (bicyclic) bond motifs is 1. The van der Waals surface area contributed by atoms with Gasteiger partial charge in [0.05, 0.1) is 6.42 Å². The number of carbonyl (C=O) groups excluding carboxylic acids is 1. The predicted molar refractivity (Wildman–Crippen MR) is 110 cm³/mol. The van der Waals surface area contributed by atoms with Crippen LogP contribution in [0, 0.1) is 0 Å². The second kappa shape index (κ2) is 8.31. The van der Waals surface area contributed by atoms with Crippen molar-refractivity contribution >= 4 is 40.7 Å². The molecule has 0 unspecified atom stereocenters. The van der Waals surface area contributed by atoms with Gasteiger partial charge in [0.2, 0.25) is 5.91 Å². The van der Waals surface area contributed by atoms with Gasteiger partial charge >= 0.3 is 5.97 Å². The molecule has 0 radical (unpaired) electrons. The third kappa shape index (κ3) is 4.10. The van der Waals surface area contributed by atoms with E-state index in [1.165, 1.54) is 0 Å². The fraction of sp³-hybridized carbons (Fsp3) is 0.182. The summed E-state index contributed by atoms with van der Waals surface area (Å²) in [6, 6.07) is 12.9. The fourth-order valence-electron chi connectivity index (χ4n) is 3.50. The number of amides is 1. The Hall–Kier alpha value is -3.05. The minimum absolute atomic E-state index is 0.0521. The molecule has 1 aliphatic rings. The number of ether oxygens (including phenoxy) is 1. The molecule has 0 spiro atoms. The number of nitrogens with two attached hydrogens (primary N) is 1. The van der Waals surface area contributed by atoms with Crippen LogP contribution in [0.2, 0.25) is 5.02 Å². The summed E-state index contributed by atoms with van der Waals surface area (Å²) in [6.45, 7) is 1.54. The number of carbonyl (C=O) groups is 2. The van der Waals surface area contributed by atoms with Crippen molar-refractivity contribution in [1.82, 2.24) is 0 Å². The van der Waals surface area contributed by atoms with E-state index >= 15 is 0 Å². The number of allylic oxidation sites excluding steroid dienone is 2. The lowest BCUT2D eigenvalue weighted by molar-refractivity contribution is -0.139. The van der Waals surface area contributed by atoms with Crippen LogP contribution in [-0.2, 0) is 9.59 Å². The van der Waals surface area contributed by atoms with Gasteiger partial charge in [-0.05, 0) is 58.5 Å². The van der Waals surface area contributed by atoms with Crippen LogP contribution >= 0.6 is 11.6 Å². The molecular formula is C22H20ClNO4. The average molecular weight is 398 g/mol. The van der Waals surface area contributed by atoms with Crippen LogP contribution < -0.4 is 10.5 Å². The van der Waals surface area contributed by atoms with Gasteiger partial charge in [-0.1, -0.05) is 42.8 Å². The number of primary amides is 1. The smallest absolute Gasteiger partial charge is 0.341 e. The lowest BCUT2D eigenvalue weighted by Gasteiger charge is -2.12. The van der Waals surface area contributed by atoms with Crippen molar-refractivity contribution in [3.63, 3.8) is 0 Å². The van der Waals surface area contributed by atoms with Gasteiger partial charge in [0.25, 0.3) is 0 Å². The summed E-state index contributed by atoms with van der Waals surface area (Å²) in [7, 11) is 0. The highest BCUT2D eigenvalue weighted by Gasteiger charge is 2.29. The number of carboxylic acid groups (broad SMARTS) is 1. The largest absolute Gasteiger partial charge is 0.481 e. The number of rotatable bonds is 7. The first-order valence-electron chi connectivity index (χ1n) is 8.87. The van der Waals surface area contributed by atoms with Crippen molar-refractivity contribution in [1.29, 1.82) is 0 Å². The van der Waals surface area contributed by atoms with Crippen molar-refractivity contribution in [2.75, 3.05) is 6.61 Å². The molecule has 2 aromatic carbocycles. The van der Waals surface area contributed by atoms with Crippen LogP contribution in [0.1, 0.15) is 36.5 Å². The van der Waals surface area contributed by atoms with Crippen molar-refractivity contribution < 1.29 is 19.4 Å². The lowest BCUT2D eigenvalue weighted by Crippen LogP contribution is -2.13. The van der Waals surface area contributed by atoms with Crippen LogP contribution in [0.5, 0.6) is 5.75 Å². The first-order chi connectivity index (χ1) is 13.4. The zero-order chi connectivity index (χ0) is 20.3. The number of hydrogen-bond acceptors (Lipinski definition) is 3. The molecule has 3 N–H and O–H groups in total. The van der Waals surface area contributed by atoms with Crippen molar-refractivity contribution in [3.05, 3.63) is 69.8 Å². The SMILES string of the molecule is CCC1=C(CC(N)=O)c2c(OCC(=O)O)cccc2/C1=C\c1cccc(Cl)c1. The quantitative estimate of drug-likeness (QED) is 0.724. The van der Waals surface area contributed by atoms with Gasteiger partial charge in [-0.3, -0.25) is 4.79 Å². The van der Waals surface area contributed by atoms with Crippen LogP contribution in [0.15, 0.2) is 48.0 Å². The molecule has 0 atom stereocenters. The minimum Gasteiger partial charge on any atom is -0.481 e. The maximum absolute atomic E-state index is 11.7. The van der Waals surface area contributed by atoms with Gasteiger partial charge in [-0.25, -0.2) is 4.79 Å². The van der Waals surface area contributed by atoms with E-state index in [2.05, 4.69) is 0 Å². The molecule has 5 nitrogen and oxygen atoms in total. The average Bonchev–Trinajstić information content (AvgIpc) is 2.92. The molecule has 0 bridgehead atoms. The summed E-state index contributed by atoms with van der Waals surface area (Å²) < 4.78 is 5.50. The van der Waals surface area contributed by atoms with E-state index in [1.54, 1.807) is 12.1 Å². The molecule has 0 aliphatic heterocycles. The zero-order valence-corrected chi connectivity index (χ0v) is 16.1. The van der Waals surface area contributed by atoms with Gasteiger partial charge in [0.15, 0.2) is 6.61 Å². The highest BCUT2D eigenvalue weighted by molar-refractivity contribution is 6.30. The van der Waals surface area contributed by atoms with Gasteiger partial charge < -0.3 is 15.6 Å². The normalized spacial score (nSPS) is 14.3. The van der Waals surface area contributed by atoms with Crippen LogP contribution in [0.3, 0.4) is 0 Å². The summed E-state index contributed by atoms with van der Waals surface area (Å²) in [4.78, 5) is 22.7. The molecular weight excluding hydrogens is 378 g/mol. The Morgan fingerprint density at radius 3 is 2.57 bits per heavy atom. The van der Waals surface area contributed by atoms with Gasteiger partial charge in [-0.15, -0.1) is 0 Å². The second-order valence-electron chi connectivity index (χ2n) is 6.43. The van der Waals surface area contributed by atoms with Crippen LogP contribution in [0.25, 0.3) is 17.2 Å². The minimum atomic E-state index is -1.07. The van der Waals surface area contributed by atoms with Gasteiger partial charge in [0.1, 0.15) is 5.75 Å². The Balaban J connectivity index is 2.20. The third-order valence-corrected chi connectivity index (χ3v) is 4.76. The fourth-order valence-corrected chi connectivity index (χ4v) is 3.70. The van der Waals surface area contributed by atoms with E-state index in [9.17, 15) is 9.59 Å². The summed E-state index contributed by atoms with van der Waals surface area (Å²) >= 11 is 6.12. The number of benzene rings is 2. The van der Waals surface area contributed by atoms with E-state index in [1.807, 2.05) is 43.3 Å². The predicted octanol–water partition coefficient (Wildman–Crippen LogP) is 4.40. The van der Waals surface area contributed by atoms with E-state index in [4.69, 9.17) is 27.2 Å². The first kappa shape index (κ1) is 19.7. The Labute approximate surface area is 168 Å². The number of aliphatic carboxylic acids is 1. The summed E-state index contributed by atoms with van der Waals surface area (Å²) in [5.74, 6) is -1.10.